The van der Waals surface area contributed by atoms with E-state index in [9.17, 15) is 19.2 Å². The molecule has 0 spiro atoms. The highest BCUT2D eigenvalue weighted by atomic mass is 28.3. The van der Waals surface area contributed by atoms with Crippen LogP contribution in [0.1, 0.15) is 61.3 Å². The molecule has 1 heterocycles. The van der Waals surface area contributed by atoms with Crippen molar-refractivity contribution in [2.45, 2.75) is 111 Å². The molecule has 1 unspecified atom stereocenters. The van der Waals surface area contributed by atoms with E-state index in [1.165, 1.54) is 27.7 Å². The second-order valence-corrected chi connectivity index (χ2v) is 12.5. The lowest BCUT2D eigenvalue weighted by molar-refractivity contribution is -0.308. The molecule has 0 radical (unpaired) electrons. The third kappa shape index (κ3) is 11.4. The van der Waals surface area contributed by atoms with Gasteiger partial charge in [0.2, 0.25) is 0 Å². The summed E-state index contributed by atoms with van der Waals surface area (Å²) in [5.41, 5.74) is -0.0499. The van der Waals surface area contributed by atoms with Gasteiger partial charge >= 0.3 is 23.9 Å². The van der Waals surface area contributed by atoms with Gasteiger partial charge in [0.1, 0.15) is 12.7 Å². The molecule has 36 heavy (non-hydrogen) atoms. The Balaban J connectivity index is 3.11. The zero-order chi connectivity index (χ0) is 27.6. The summed E-state index contributed by atoms with van der Waals surface area (Å²) in [5, 5.41) is 0. The Morgan fingerprint density at radius 2 is 1.36 bits per heavy atom. The maximum Gasteiger partial charge on any atom is 0.303 e. The summed E-state index contributed by atoms with van der Waals surface area (Å²) in [5.74, 6) is -2.62. The molecule has 1 aliphatic rings. The Kier molecular flexibility index (Phi) is 13.0. The summed E-state index contributed by atoms with van der Waals surface area (Å²) in [6, 6.07) is 0. The molecule has 1 aliphatic heterocycles. The van der Waals surface area contributed by atoms with Crippen LogP contribution in [0.5, 0.6) is 0 Å². The molecule has 12 heteroatoms. The van der Waals surface area contributed by atoms with Crippen molar-refractivity contribution in [3.63, 3.8) is 0 Å². The van der Waals surface area contributed by atoms with Crippen LogP contribution in [-0.4, -0.2) is 82.9 Å². The van der Waals surface area contributed by atoms with E-state index in [4.69, 9.17) is 32.8 Å². The minimum absolute atomic E-state index is 0.0446. The van der Waals surface area contributed by atoms with E-state index in [0.717, 1.165) is 6.42 Å². The van der Waals surface area contributed by atoms with E-state index < -0.39 is 63.6 Å². The second-order valence-electron chi connectivity index (χ2n) is 10.1. The van der Waals surface area contributed by atoms with Gasteiger partial charge in [-0.1, -0.05) is 20.8 Å². The summed E-state index contributed by atoms with van der Waals surface area (Å²) >= 11 is 0. The number of rotatable bonds is 12. The van der Waals surface area contributed by atoms with Crippen LogP contribution in [0.3, 0.4) is 0 Å². The number of esters is 4. The first-order valence-electron chi connectivity index (χ1n) is 12.2. The van der Waals surface area contributed by atoms with Crippen LogP contribution in [0.25, 0.3) is 0 Å². The van der Waals surface area contributed by atoms with Gasteiger partial charge in [-0.25, -0.2) is 0 Å². The average molecular weight is 535 g/mol. The molecular weight excluding hydrogens is 492 g/mol. The van der Waals surface area contributed by atoms with E-state index in [0.29, 0.717) is 6.42 Å². The van der Waals surface area contributed by atoms with Crippen molar-refractivity contribution >= 4 is 32.9 Å². The minimum Gasteiger partial charge on any atom is -0.463 e. The highest BCUT2D eigenvalue weighted by molar-refractivity contribution is 6.48. The Morgan fingerprint density at radius 1 is 0.833 bits per heavy atom. The van der Waals surface area contributed by atoms with Crippen molar-refractivity contribution in [1.82, 2.24) is 0 Å². The van der Waals surface area contributed by atoms with E-state index in [1.54, 1.807) is 0 Å². The normalized spacial score (nSPS) is 25.1. The molecule has 0 saturated carbocycles. The van der Waals surface area contributed by atoms with Crippen molar-refractivity contribution in [3.8, 4) is 0 Å². The average Bonchev–Trinajstić information content (AvgIpc) is 2.70. The lowest BCUT2D eigenvalue weighted by Gasteiger charge is -2.44. The summed E-state index contributed by atoms with van der Waals surface area (Å²) in [6.07, 6.45) is -4.46. The van der Waals surface area contributed by atoms with E-state index in [2.05, 4.69) is 33.9 Å². The number of carbonyl (C=O) groups excluding carboxylic acids is 4. The molecule has 0 aromatic carbocycles. The molecule has 0 amide bonds. The van der Waals surface area contributed by atoms with Crippen molar-refractivity contribution in [2.75, 3.05) is 13.2 Å². The summed E-state index contributed by atoms with van der Waals surface area (Å²) in [7, 11) is -1.26. The largest absolute Gasteiger partial charge is 0.463 e. The van der Waals surface area contributed by atoms with Gasteiger partial charge < -0.3 is 32.8 Å². The fourth-order valence-corrected chi connectivity index (χ4v) is 5.03. The zero-order valence-corrected chi connectivity index (χ0v) is 24.0. The van der Waals surface area contributed by atoms with E-state index in [1.807, 2.05) is 0 Å². The standard InChI is InChI=1S/C24H42O11Si/c1-14(25)30-13-18-20(31-15(2)26)21(32-16(3)27)22(33-17(4)28)23(34-18)29-12-10-11-19(24(5,6)7)35-36(8)9/h18-23,36H,10-13H2,1-9H3/t18-,19?,20+,21+,22-,23-/m1/s1. The molecule has 0 aliphatic carbocycles. The molecule has 0 aromatic heterocycles. The van der Waals surface area contributed by atoms with Crippen LogP contribution in [0.15, 0.2) is 0 Å². The molecule has 208 valence electrons. The maximum atomic E-state index is 11.9. The minimum atomic E-state index is -1.26. The van der Waals surface area contributed by atoms with E-state index in [-0.39, 0.29) is 24.7 Å². The van der Waals surface area contributed by atoms with Gasteiger partial charge in [0.05, 0.1) is 6.61 Å². The van der Waals surface area contributed by atoms with Gasteiger partial charge in [0.15, 0.2) is 33.6 Å². The van der Waals surface area contributed by atoms with E-state index >= 15 is 0 Å². The number of hydrogen-bond donors (Lipinski definition) is 0. The topological polar surface area (TPSA) is 133 Å². The van der Waals surface area contributed by atoms with Gasteiger partial charge in [-0.2, -0.15) is 0 Å². The predicted molar refractivity (Wildman–Crippen MR) is 130 cm³/mol. The first-order chi connectivity index (χ1) is 16.6. The third-order valence-electron chi connectivity index (χ3n) is 5.24. The van der Waals surface area contributed by atoms with Gasteiger partial charge in [-0.05, 0) is 31.4 Å². The molecule has 11 nitrogen and oxygen atoms in total. The SMILES string of the molecule is CC(=O)OC[C@H]1O[C@@H](OCCCC(O[SiH](C)C)C(C)(C)C)[C@H](OC(C)=O)[C@@H](OC(C)=O)[C@H]1OC(C)=O. The Morgan fingerprint density at radius 3 is 1.83 bits per heavy atom. The Hall–Kier alpha value is -2.02. The van der Waals surface area contributed by atoms with Gasteiger partial charge in [0.25, 0.3) is 0 Å². The van der Waals surface area contributed by atoms with Crippen LogP contribution in [0.4, 0.5) is 0 Å². The number of carbonyl (C=O) groups is 4. The highest BCUT2D eigenvalue weighted by Crippen LogP contribution is 2.31. The summed E-state index contributed by atoms with van der Waals surface area (Å²) in [4.78, 5) is 47.0. The lowest BCUT2D eigenvalue weighted by Crippen LogP contribution is -2.63. The number of ether oxygens (including phenoxy) is 6. The Bertz CT molecular complexity index is 749. The van der Waals surface area contributed by atoms with Crippen LogP contribution in [-0.2, 0) is 52.0 Å². The summed E-state index contributed by atoms with van der Waals surface area (Å²) < 4.78 is 39.3. The highest BCUT2D eigenvalue weighted by Gasteiger charge is 2.52. The molecule has 1 saturated heterocycles. The quantitative estimate of drug-likeness (QED) is 0.158. The molecule has 1 fully saturated rings. The molecule has 6 atom stereocenters. The fourth-order valence-electron chi connectivity index (χ4n) is 3.82. The monoisotopic (exact) mass is 534 g/mol. The fraction of sp³-hybridized carbons (Fsp3) is 0.833. The van der Waals surface area contributed by atoms with Gasteiger partial charge in [-0.15, -0.1) is 0 Å². The van der Waals surface area contributed by atoms with Crippen molar-refractivity contribution in [3.05, 3.63) is 0 Å². The molecule has 1 rings (SSSR count). The molecule has 0 bridgehead atoms. The van der Waals surface area contributed by atoms with Crippen molar-refractivity contribution in [2.24, 2.45) is 5.41 Å². The Labute approximate surface area is 215 Å². The lowest BCUT2D eigenvalue weighted by atomic mass is 9.86. The molecule has 0 N–H and O–H groups in total. The molecule has 0 aromatic rings. The van der Waals surface area contributed by atoms with Crippen molar-refractivity contribution in [1.29, 1.82) is 0 Å². The smallest absolute Gasteiger partial charge is 0.303 e. The molecular formula is C24H42O11Si. The summed E-state index contributed by atoms with van der Waals surface area (Å²) in [6.45, 7) is 15.3. The van der Waals surface area contributed by atoms with Gasteiger partial charge in [0, 0.05) is 33.8 Å². The van der Waals surface area contributed by atoms with Crippen LogP contribution >= 0.6 is 0 Å². The maximum absolute atomic E-state index is 11.9. The van der Waals surface area contributed by atoms with Crippen LogP contribution in [0.2, 0.25) is 13.1 Å². The zero-order valence-electron chi connectivity index (χ0n) is 22.9. The van der Waals surface area contributed by atoms with Crippen molar-refractivity contribution < 1.29 is 52.0 Å². The third-order valence-corrected chi connectivity index (χ3v) is 6.12. The first-order valence-corrected chi connectivity index (χ1v) is 15.0. The van der Waals surface area contributed by atoms with Gasteiger partial charge in [-0.3, -0.25) is 19.2 Å². The van der Waals surface area contributed by atoms with Crippen LogP contribution in [0, 0.1) is 5.41 Å². The first kappa shape index (κ1) is 32.0. The predicted octanol–water partition coefficient (Wildman–Crippen LogP) is 2.28. The second kappa shape index (κ2) is 14.6. The van der Waals surface area contributed by atoms with Crippen LogP contribution < -0.4 is 0 Å². The number of hydrogen-bond acceptors (Lipinski definition) is 11.